The van der Waals surface area contributed by atoms with Gasteiger partial charge in [0.1, 0.15) is 5.82 Å². The Hall–Kier alpha value is -1.01. The molecule has 1 atom stereocenters. The molecule has 1 aliphatic rings. The van der Waals surface area contributed by atoms with E-state index in [9.17, 15) is 9.50 Å². The molecular formula is C16H25FN2O2. The number of halogens is 1. The summed E-state index contributed by atoms with van der Waals surface area (Å²) in [4.78, 5) is 4.64. The summed E-state index contributed by atoms with van der Waals surface area (Å²) in [5.41, 5.74) is 0.773. The van der Waals surface area contributed by atoms with E-state index in [1.165, 1.54) is 12.1 Å². The molecule has 1 aromatic carbocycles. The van der Waals surface area contributed by atoms with Crippen molar-refractivity contribution >= 4 is 0 Å². The summed E-state index contributed by atoms with van der Waals surface area (Å²) < 4.78 is 18.2. The van der Waals surface area contributed by atoms with Crippen LogP contribution in [0.25, 0.3) is 0 Å². The van der Waals surface area contributed by atoms with Crippen LogP contribution in [0.15, 0.2) is 24.3 Å². The zero-order valence-corrected chi connectivity index (χ0v) is 12.7. The number of aliphatic hydroxyl groups excluding tert-OH is 1. The van der Waals surface area contributed by atoms with Gasteiger partial charge in [-0.2, -0.15) is 0 Å². The normalized spacial score (nSPS) is 18.8. The predicted molar refractivity (Wildman–Crippen MR) is 80.7 cm³/mol. The average molecular weight is 296 g/mol. The van der Waals surface area contributed by atoms with Gasteiger partial charge in [0, 0.05) is 45.9 Å². The van der Waals surface area contributed by atoms with Gasteiger partial charge in [0.2, 0.25) is 0 Å². The zero-order chi connectivity index (χ0) is 15.1. The second kappa shape index (κ2) is 8.44. The first-order chi connectivity index (χ1) is 10.2. The van der Waals surface area contributed by atoms with Crippen LogP contribution < -0.4 is 0 Å². The zero-order valence-electron chi connectivity index (χ0n) is 12.7. The Bertz CT molecular complexity index is 405. The van der Waals surface area contributed by atoms with Crippen molar-refractivity contribution in [3.05, 3.63) is 35.6 Å². The molecule has 1 fully saturated rings. The van der Waals surface area contributed by atoms with Crippen LogP contribution in [-0.4, -0.2) is 67.4 Å². The highest BCUT2D eigenvalue weighted by Crippen LogP contribution is 2.15. The number of aliphatic hydroxyl groups is 1. The highest BCUT2D eigenvalue weighted by atomic mass is 19.1. The minimum atomic E-state index is -0.555. The highest BCUT2D eigenvalue weighted by Gasteiger charge is 2.19. The van der Waals surface area contributed by atoms with Gasteiger partial charge in [-0.3, -0.25) is 9.80 Å². The monoisotopic (exact) mass is 296 g/mol. The summed E-state index contributed by atoms with van der Waals surface area (Å²) in [7, 11) is 0. The van der Waals surface area contributed by atoms with E-state index in [1.54, 1.807) is 12.1 Å². The van der Waals surface area contributed by atoms with E-state index in [1.807, 2.05) is 6.92 Å². The van der Waals surface area contributed by atoms with E-state index in [0.717, 1.165) is 51.5 Å². The molecule has 0 bridgehead atoms. The lowest BCUT2D eigenvalue weighted by Gasteiger charge is -2.35. The summed E-state index contributed by atoms with van der Waals surface area (Å²) in [6, 6.07) is 6.09. The fourth-order valence-electron chi connectivity index (χ4n) is 2.57. The molecule has 21 heavy (non-hydrogen) atoms. The van der Waals surface area contributed by atoms with Gasteiger partial charge in [0.25, 0.3) is 0 Å². The smallest absolute Gasteiger partial charge is 0.123 e. The SMILES string of the molecule is CCOCCN1CCN(C[C@H](O)c2ccc(F)cc2)CC1. The summed E-state index contributed by atoms with van der Waals surface area (Å²) in [5.74, 6) is -0.270. The molecule has 0 radical (unpaired) electrons. The van der Waals surface area contributed by atoms with Gasteiger partial charge in [0.05, 0.1) is 12.7 Å². The first kappa shape index (κ1) is 16.4. The van der Waals surface area contributed by atoms with Gasteiger partial charge < -0.3 is 9.84 Å². The predicted octanol–water partition coefficient (Wildman–Crippen LogP) is 1.51. The summed E-state index contributed by atoms with van der Waals surface area (Å²) in [6.45, 7) is 9.04. The molecule has 0 spiro atoms. The fourth-order valence-corrected chi connectivity index (χ4v) is 2.57. The van der Waals surface area contributed by atoms with Crippen molar-refractivity contribution in [3.63, 3.8) is 0 Å². The van der Waals surface area contributed by atoms with Crippen LogP contribution in [0.5, 0.6) is 0 Å². The number of piperazine rings is 1. The lowest BCUT2D eigenvalue weighted by atomic mass is 10.1. The Labute approximate surface area is 126 Å². The lowest BCUT2D eigenvalue weighted by Crippen LogP contribution is -2.48. The number of ether oxygens (including phenoxy) is 1. The van der Waals surface area contributed by atoms with Gasteiger partial charge in [-0.15, -0.1) is 0 Å². The Morgan fingerprint density at radius 1 is 1.14 bits per heavy atom. The van der Waals surface area contributed by atoms with E-state index >= 15 is 0 Å². The van der Waals surface area contributed by atoms with Crippen LogP contribution >= 0.6 is 0 Å². The Morgan fingerprint density at radius 2 is 1.76 bits per heavy atom. The van der Waals surface area contributed by atoms with Gasteiger partial charge in [-0.25, -0.2) is 4.39 Å². The third-order valence-corrected chi connectivity index (χ3v) is 3.91. The van der Waals surface area contributed by atoms with E-state index < -0.39 is 6.10 Å². The minimum absolute atomic E-state index is 0.270. The topological polar surface area (TPSA) is 35.9 Å². The second-order valence-electron chi connectivity index (χ2n) is 5.41. The molecule has 0 aliphatic carbocycles. The molecule has 1 heterocycles. The van der Waals surface area contributed by atoms with E-state index in [-0.39, 0.29) is 5.82 Å². The Kier molecular flexibility index (Phi) is 6.57. The Morgan fingerprint density at radius 3 is 2.38 bits per heavy atom. The third-order valence-electron chi connectivity index (χ3n) is 3.91. The number of hydrogen-bond donors (Lipinski definition) is 1. The Balaban J connectivity index is 1.71. The van der Waals surface area contributed by atoms with E-state index in [0.29, 0.717) is 6.54 Å². The van der Waals surface area contributed by atoms with E-state index in [4.69, 9.17) is 4.74 Å². The number of β-amino-alcohol motifs (C(OH)–C–C–N with tert-alkyl or cyclic N) is 1. The molecule has 1 aliphatic heterocycles. The van der Waals surface area contributed by atoms with Crippen molar-refractivity contribution in [1.82, 2.24) is 9.80 Å². The largest absolute Gasteiger partial charge is 0.387 e. The van der Waals surface area contributed by atoms with Crippen molar-refractivity contribution in [2.24, 2.45) is 0 Å². The second-order valence-corrected chi connectivity index (χ2v) is 5.41. The van der Waals surface area contributed by atoms with Crippen molar-refractivity contribution in [2.45, 2.75) is 13.0 Å². The van der Waals surface area contributed by atoms with Crippen molar-refractivity contribution < 1.29 is 14.2 Å². The molecule has 1 saturated heterocycles. The molecule has 0 saturated carbocycles. The third kappa shape index (κ3) is 5.36. The van der Waals surface area contributed by atoms with Crippen LogP contribution in [-0.2, 0) is 4.74 Å². The molecule has 2 rings (SSSR count). The number of hydrogen-bond acceptors (Lipinski definition) is 4. The van der Waals surface area contributed by atoms with E-state index in [2.05, 4.69) is 9.80 Å². The quantitative estimate of drug-likeness (QED) is 0.774. The number of benzene rings is 1. The lowest BCUT2D eigenvalue weighted by molar-refractivity contribution is 0.0550. The first-order valence-electron chi connectivity index (χ1n) is 7.65. The minimum Gasteiger partial charge on any atom is -0.387 e. The van der Waals surface area contributed by atoms with Crippen LogP contribution in [0.4, 0.5) is 4.39 Å². The fraction of sp³-hybridized carbons (Fsp3) is 0.625. The van der Waals surface area contributed by atoms with Crippen LogP contribution in [0.2, 0.25) is 0 Å². The van der Waals surface area contributed by atoms with Gasteiger partial charge in [0.15, 0.2) is 0 Å². The first-order valence-corrected chi connectivity index (χ1v) is 7.65. The average Bonchev–Trinajstić information content (AvgIpc) is 2.50. The molecule has 5 heteroatoms. The van der Waals surface area contributed by atoms with Crippen molar-refractivity contribution in [2.75, 3.05) is 52.5 Å². The number of nitrogens with zero attached hydrogens (tertiary/aromatic N) is 2. The molecule has 1 N–H and O–H groups in total. The van der Waals surface area contributed by atoms with Crippen LogP contribution in [0.3, 0.4) is 0 Å². The molecule has 0 aromatic heterocycles. The van der Waals surface area contributed by atoms with Gasteiger partial charge in [-0.05, 0) is 24.6 Å². The molecular weight excluding hydrogens is 271 g/mol. The van der Waals surface area contributed by atoms with Crippen LogP contribution in [0, 0.1) is 5.82 Å². The molecule has 118 valence electrons. The molecule has 0 unspecified atom stereocenters. The summed E-state index contributed by atoms with van der Waals surface area (Å²) in [6.07, 6.45) is -0.555. The van der Waals surface area contributed by atoms with Gasteiger partial charge >= 0.3 is 0 Å². The molecule has 4 nitrogen and oxygen atoms in total. The summed E-state index contributed by atoms with van der Waals surface area (Å²) in [5, 5.41) is 10.2. The summed E-state index contributed by atoms with van der Waals surface area (Å²) >= 11 is 0. The maximum absolute atomic E-state index is 12.9. The molecule has 0 amide bonds. The maximum Gasteiger partial charge on any atom is 0.123 e. The number of rotatable bonds is 7. The van der Waals surface area contributed by atoms with Crippen molar-refractivity contribution in [1.29, 1.82) is 0 Å². The van der Waals surface area contributed by atoms with Crippen molar-refractivity contribution in [3.8, 4) is 0 Å². The standard InChI is InChI=1S/C16H25FN2O2/c1-2-21-12-11-18-7-9-19(10-8-18)13-16(20)14-3-5-15(17)6-4-14/h3-6,16,20H,2,7-13H2,1H3/t16-/m0/s1. The highest BCUT2D eigenvalue weighted by molar-refractivity contribution is 5.18. The van der Waals surface area contributed by atoms with Gasteiger partial charge in [-0.1, -0.05) is 12.1 Å². The molecule has 1 aromatic rings. The van der Waals surface area contributed by atoms with Crippen LogP contribution in [0.1, 0.15) is 18.6 Å². The maximum atomic E-state index is 12.9.